The molecule has 0 spiro atoms. The van der Waals surface area contributed by atoms with Crippen LogP contribution in [0.1, 0.15) is 39.2 Å². The Balaban J connectivity index is 3.09. The molecule has 0 aliphatic heterocycles. The van der Waals surface area contributed by atoms with E-state index in [-0.39, 0.29) is 17.8 Å². The van der Waals surface area contributed by atoms with E-state index in [9.17, 15) is 4.39 Å². The van der Waals surface area contributed by atoms with Crippen LogP contribution in [0.4, 0.5) is 4.39 Å². The number of hydrogen-bond acceptors (Lipinski definition) is 1. The average molecular weight is 196 g/mol. The van der Waals surface area contributed by atoms with E-state index in [1.165, 1.54) is 6.07 Å². The third kappa shape index (κ3) is 2.47. The molecular formula is C12H17FO. The molecule has 1 aromatic carbocycles. The molecule has 0 atom stereocenters. The molecule has 0 unspecified atom stereocenters. The van der Waals surface area contributed by atoms with Crippen molar-refractivity contribution in [1.82, 2.24) is 0 Å². The van der Waals surface area contributed by atoms with Crippen LogP contribution < -0.4 is 4.74 Å². The summed E-state index contributed by atoms with van der Waals surface area (Å²) < 4.78 is 18.9. The van der Waals surface area contributed by atoms with Crippen molar-refractivity contribution < 1.29 is 9.13 Å². The van der Waals surface area contributed by atoms with Crippen LogP contribution >= 0.6 is 0 Å². The first-order valence-electron chi connectivity index (χ1n) is 4.97. The lowest BCUT2D eigenvalue weighted by atomic mass is 10.0. The van der Waals surface area contributed by atoms with E-state index >= 15 is 0 Å². The van der Waals surface area contributed by atoms with Crippen molar-refractivity contribution in [3.8, 4) is 5.75 Å². The molecule has 0 aliphatic rings. The lowest BCUT2D eigenvalue weighted by Gasteiger charge is -2.16. The Bertz CT molecular complexity index is 305. The van der Waals surface area contributed by atoms with E-state index < -0.39 is 0 Å². The van der Waals surface area contributed by atoms with Gasteiger partial charge in [-0.25, -0.2) is 4.39 Å². The SMILES string of the molecule is CC(C)Oc1c(F)cccc1C(C)C. The molecule has 14 heavy (non-hydrogen) atoms. The summed E-state index contributed by atoms with van der Waals surface area (Å²) >= 11 is 0. The van der Waals surface area contributed by atoms with Crippen molar-refractivity contribution in [3.63, 3.8) is 0 Å². The van der Waals surface area contributed by atoms with E-state index in [0.29, 0.717) is 5.75 Å². The topological polar surface area (TPSA) is 9.23 Å². The molecular weight excluding hydrogens is 179 g/mol. The van der Waals surface area contributed by atoms with Gasteiger partial charge in [0.15, 0.2) is 11.6 Å². The summed E-state index contributed by atoms with van der Waals surface area (Å²) in [5, 5.41) is 0. The van der Waals surface area contributed by atoms with Crippen LogP contribution in [0.3, 0.4) is 0 Å². The summed E-state index contributed by atoms with van der Waals surface area (Å²) in [6.07, 6.45) is 0.00407. The molecule has 0 fully saturated rings. The lowest BCUT2D eigenvalue weighted by Crippen LogP contribution is -2.09. The predicted octanol–water partition coefficient (Wildman–Crippen LogP) is 3.74. The zero-order valence-corrected chi connectivity index (χ0v) is 9.17. The number of rotatable bonds is 3. The van der Waals surface area contributed by atoms with Gasteiger partial charge in [-0.3, -0.25) is 0 Å². The van der Waals surface area contributed by atoms with Crippen LogP contribution in [-0.4, -0.2) is 6.10 Å². The standard InChI is InChI=1S/C12H17FO/c1-8(2)10-6-5-7-11(13)12(10)14-9(3)4/h5-9H,1-4H3. The maximum Gasteiger partial charge on any atom is 0.165 e. The average Bonchev–Trinajstić information content (AvgIpc) is 2.07. The lowest BCUT2D eigenvalue weighted by molar-refractivity contribution is 0.228. The van der Waals surface area contributed by atoms with Crippen LogP contribution in [0.2, 0.25) is 0 Å². The molecule has 0 amide bonds. The fourth-order valence-electron chi connectivity index (χ4n) is 1.34. The van der Waals surface area contributed by atoms with Crippen molar-refractivity contribution in [2.24, 2.45) is 0 Å². The smallest absolute Gasteiger partial charge is 0.165 e. The summed E-state index contributed by atoms with van der Waals surface area (Å²) in [6.45, 7) is 7.86. The first-order valence-corrected chi connectivity index (χ1v) is 4.97. The van der Waals surface area contributed by atoms with Gasteiger partial charge in [-0.05, 0) is 31.4 Å². The Labute approximate surface area is 84.9 Å². The quantitative estimate of drug-likeness (QED) is 0.715. The normalized spacial score (nSPS) is 11.1. The molecule has 0 saturated heterocycles. The first-order chi connectivity index (χ1) is 6.52. The third-order valence-corrected chi connectivity index (χ3v) is 1.97. The molecule has 0 N–H and O–H groups in total. The van der Waals surface area contributed by atoms with Gasteiger partial charge in [-0.15, -0.1) is 0 Å². The predicted molar refractivity (Wildman–Crippen MR) is 56.3 cm³/mol. The molecule has 0 bridgehead atoms. The minimum Gasteiger partial charge on any atom is -0.488 e. The van der Waals surface area contributed by atoms with Crippen LogP contribution in [0.5, 0.6) is 5.75 Å². The van der Waals surface area contributed by atoms with E-state index in [1.54, 1.807) is 6.07 Å². The Kier molecular flexibility index (Phi) is 3.50. The van der Waals surface area contributed by atoms with Gasteiger partial charge in [-0.2, -0.15) is 0 Å². The van der Waals surface area contributed by atoms with Gasteiger partial charge in [-0.1, -0.05) is 26.0 Å². The van der Waals surface area contributed by atoms with E-state index in [1.807, 2.05) is 33.8 Å². The van der Waals surface area contributed by atoms with Gasteiger partial charge in [0.1, 0.15) is 0 Å². The minimum absolute atomic E-state index is 0.00407. The summed E-state index contributed by atoms with van der Waals surface area (Å²) in [5.74, 6) is 0.404. The highest BCUT2D eigenvalue weighted by Gasteiger charge is 2.13. The van der Waals surface area contributed by atoms with Crippen LogP contribution in [0.25, 0.3) is 0 Å². The van der Waals surface area contributed by atoms with E-state index in [2.05, 4.69) is 0 Å². The van der Waals surface area contributed by atoms with Gasteiger partial charge in [0, 0.05) is 0 Å². The summed E-state index contributed by atoms with van der Waals surface area (Å²) in [4.78, 5) is 0. The Morgan fingerprint density at radius 1 is 1.14 bits per heavy atom. The monoisotopic (exact) mass is 196 g/mol. The fraction of sp³-hybridized carbons (Fsp3) is 0.500. The molecule has 1 nitrogen and oxygen atoms in total. The maximum atomic E-state index is 13.4. The number of para-hydroxylation sites is 1. The van der Waals surface area contributed by atoms with E-state index in [4.69, 9.17) is 4.74 Å². The molecule has 1 aromatic rings. The van der Waals surface area contributed by atoms with Crippen LogP contribution in [0.15, 0.2) is 18.2 Å². The second-order valence-corrected chi connectivity index (χ2v) is 3.98. The minimum atomic E-state index is -0.273. The van der Waals surface area contributed by atoms with Crippen LogP contribution in [-0.2, 0) is 0 Å². The van der Waals surface area contributed by atoms with Crippen molar-refractivity contribution in [3.05, 3.63) is 29.6 Å². The Morgan fingerprint density at radius 3 is 2.29 bits per heavy atom. The fourth-order valence-corrected chi connectivity index (χ4v) is 1.34. The van der Waals surface area contributed by atoms with Crippen molar-refractivity contribution >= 4 is 0 Å². The van der Waals surface area contributed by atoms with E-state index in [0.717, 1.165) is 5.56 Å². The van der Waals surface area contributed by atoms with Gasteiger partial charge >= 0.3 is 0 Å². The second kappa shape index (κ2) is 4.45. The molecule has 0 aromatic heterocycles. The Morgan fingerprint density at radius 2 is 1.79 bits per heavy atom. The second-order valence-electron chi connectivity index (χ2n) is 3.98. The van der Waals surface area contributed by atoms with Crippen LogP contribution in [0, 0.1) is 5.82 Å². The van der Waals surface area contributed by atoms with Gasteiger partial charge in [0.2, 0.25) is 0 Å². The van der Waals surface area contributed by atoms with Crippen molar-refractivity contribution in [1.29, 1.82) is 0 Å². The largest absolute Gasteiger partial charge is 0.488 e. The van der Waals surface area contributed by atoms with Gasteiger partial charge < -0.3 is 4.74 Å². The zero-order chi connectivity index (χ0) is 10.7. The van der Waals surface area contributed by atoms with Crippen molar-refractivity contribution in [2.45, 2.75) is 39.7 Å². The molecule has 78 valence electrons. The van der Waals surface area contributed by atoms with Gasteiger partial charge in [0.05, 0.1) is 6.10 Å². The molecule has 0 saturated carbocycles. The number of ether oxygens (including phenoxy) is 1. The van der Waals surface area contributed by atoms with Gasteiger partial charge in [0.25, 0.3) is 0 Å². The molecule has 0 radical (unpaired) electrons. The summed E-state index contributed by atoms with van der Waals surface area (Å²) in [5.41, 5.74) is 0.929. The highest BCUT2D eigenvalue weighted by molar-refractivity contribution is 5.37. The maximum absolute atomic E-state index is 13.4. The molecule has 2 heteroatoms. The number of hydrogen-bond donors (Lipinski definition) is 0. The summed E-state index contributed by atoms with van der Waals surface area (Å²) in [6, 6.07) is 5.06. The molecule has 0 aliphatic carbocycles. The number of halogens is 1. The highest BCUT2D eigenvalue weighted by atomic mass is 19.1. The Hall–Kier alpha value is -1.05. The highest BCUT2D eigenvalue weighted by Crippen LogP contribution is 2.29. The molecule has 1 rings (SSSR count). The first kappa shape index (κ1) is 11.0. The number of benzene rings is 1. The third-order valence-electron chi connectivity index (χ3n) is 1.97. The molecule has 0 heterocycles. The summed E-state index contributed by atoms with van der Waals surface area (Å²) in [7, 11) is 0. The van der Waals surface area contributed by atoms with Crippen molar-refractivity contribution in [2.75, 3.05) is 0 Å². The zero-order valence-electron chi connectivity index (χ0n) is 9.17.